The summed E-state index contributed by atoms with van der Waals surface area (Å²) in [4.78, 5) is 17.3. The molecular weight excluding hydrogens is 370 g/mol. The summed E-state index contributed by atoms with van der Waals surface area (Å²) in [6.07, 6.45) is 13.3. The Morgan fingerprint density at radius 3 is 2.13 bits per heavy atom. The molecule has 30 heavy (non-hydrogen) atoms. The molecular formula is C26H43N3O. The van der Waals surface area contributed by atoms with E-state index in [1.165, 1.54) is 63.3 Å². The first-order valence-corrected chi connectivity index (χ1v) is 12.1. The second kappa shape index (κ2) is 12.1. The highest BCUT2D eigenvalue weighted by molar-refractivity contribution is 5.82. The van der Waals surface area contributed by atoms with Gasteiger partial charge in [0.05, 0.1) is 17.1 Å². The Hall–Kier alpha value is -1.84. The number of amides is 1. The summed E-state index contributed by atoms with van der Waals surface area (Å²) in [6.45, 7) is 11.1. The number of carbonyl (C=O) groups is 1. The SMILES string of the molecule is CCCCCCCCCCCCn1c(C(C)NC(=O)C(C)(C)C)nc2ccccc21. The van der Waals surface area contributed by atoms with Gasteiger partial charge in [-0.15, -0.1) is 0 Å². The quantitative estimate of drug-likeness (QED) is 0.353. The van der Waals surface area contributed by atoms with Gasteiger partial charge < -0.3 is 9.88 Å². The molecule has 2 aromatic rings. The van der Waals surface area contributed by atoms with E-state index in [9.17, 15) is 4.79 Å². The molecule has 0 aliphatic heterocycles. The zero-order valence-electron chi connectivity index (χ0n) is 20.0. The molecule has 1 amide bonds. The van der Waals surface area contributed by atoms with Gasteiger partial charge in [0, 0.05) is 12.0 Å². The van der Waals surface area contributed by atoms with Crippen molar-refractivity contribution in [1.82, 2.24) is 14.9 Å². The molecule has 0 aliphatic rings. The Kier molecular flexibility index (Phi) is 9.87. The summed E-state index contributed by atoms with van der Waals surface area (Å²) in [6, 6.07) is 8.20. The van der Waals surface area contributed by atoms with Gasteiger partial charge in [-0.3, -0.25) is 4.79 Å². The number of aromatic nitrogens is 2. The Labute approximate surface area is 183 Å². The Morgan fingerprint density at radius 1 is 0.967 bits per heavy atom. The lowest BCUT2D eigenvalue weighted by molar-refractivity contribution is -0.129. The number of fused-ring (bicyclic) bond motifs is 1. The first kappa shape index (κ1) is 24.4. The van der Waals surface area contributed by atoms with Crippen LogP contribution in [0.5, 0.6) is 0 Å². The first-order valence-electron chi connectivity index (χ1n) is 12.1. The third kappa shape index (κ3) is 7.45. The number of aryl methyl sites for hydroxylation is 1. The van der Waals surface area contributed by atoms with E-state index in [2.05, 4.69) is 35.0 Å². The van der Waals surface area contributed by atoms with Crippen LogP contribution in [0.4, 0.5) is 0 Å². The fourth-order valence-corrected chi connectivity index (χ4v) is 3.89. The van der Waals surface area contributed by atoms with Gasteiger partial charge in [-0.1, -0.05) is 97.6 Å². The van der Waals surface area contributed by atoms with Crippen LogP contribution >= 0.6 is 0 Å². The number of imidazole rings is 1. The third-order valence-electron chi connectivity index (χ3n) is 5.84. The molecule has 1 heterocycles. The molecule has 1 atom stereocenters. The maximum Gasteiger partial charge on any atom is 0.225 e. The van der Waals surface area contributed by atoms with Crippen molar-refractivity contribution >= 4 is 16.9 Å². The standard InChI is InChI=1S/C26H43N3O/c1-6-7-8-9-10-11-12-13-14-17-20-29-23-19-16-15-18-22(23)28-24(29)21(2)27-25(30)26(3,4)5/h15-16,18-19,21H,6-14,17,20H2,1-5H3,(H,27,30). The van der Waals surface area contributed by atoms with E-state index in [-0.39, 0.29) is 11.9 Å². The number of hydrogen-bond acceptors (Lipinski definition) is 2. The number of para-hydroxylation sites is 2. The lowest BCUT2D eigenvalue weighted by Crippen LogP contribution is -2.37. The van der Waals surface area contributed by atoms with Crippen LogP contribution in [-0.2, 0) is 11.3 Å². The van der Waals surface area contributed by atoms with Crippen molar-refractivity contribution in [2.45, 2.75) is 111 Å². The van der Waals surface area contributed by atoms with Crippen LogP contribution in [-0.4, -0.2) is 15.5 Å². The molecule has 0 radical (unpaired) electrons. The maximum atomic E-state index is 12.5. The zero-order chi connectivity index (χ0) is 22.0. The number of benzene rings is 1. The number of unbranched alkanes of at least 4 members (excludes halogenated alkanes) is 9. The van der Waals surface area contributed by atoms with E-state index in [4.69, 9.17) is 4.98 Å². The summed E-state index contributed by atoms with van der Waals surface area (Å²) in [7, 11) is 0. The van der Waals surface area contributed by atoms with Crippen LogP contribution in [0.15, 0.2) is 24.3 Å². The van der Waals surface area contributed by atoms with Crippen molar-refractivity contribution in [2.24, 2.45) is 5.41 Å². The average molecular weight is 414 g/mol. The van der Waals surface area contributed by atoms with E-state index in [1.807, 2.05) is 33.8 Å². The van der Waals surface area contributed by atoms with Gasteiger partial charge in [0.15, 0.2) is 0 Å². The Morgan fingerprint density at radius 2 is 1.53 bits per heavy atom. The van der Waals surface area contributed by atoms with Crippen LogP contribution in [0.1, 0.15) is 111 Å². The summed E-state index contributed by atoms with van der Waals surface area (Å²) in [5.41, 5.74) is 1.78. The fourth-order valence-electron chi connectivity index (χ4n) is 3.89. The number of nitrogens with zero attached hydrogens (tertiary/aromatic N) is 2. The highest BCUT2D eigenvalue weighted by Gasteiger charge is 2.25. The molecule has 0 fully saturated rings. The van der Waals surface area contributed by atoms with Crippen LogP contribution < -0.4 is 5.32 Å². The van der Waals surface area contributed by atoms with Crippen LogP contribution in [0.3, 0.4) is 0 Å². The number of nitrogens with one attached hydrogen (secondary N) is 1. The van der Waals surface area contributed by atoms with Crippen LogP contribution in [0, 0.1) is 5.41 Å². The molecule has 1 aromatic carbocycles. The number of carbonyl (C=O) groups excluding carboxylic acids is 1. The lowest BCUT2D eigenvalue weighted by Gasteiger charge is -2.22. The topological polar surface area (TPSA) is 46.9 Å². The van der Waals surface area contributed by atoms with Crippen molar-refractivity contribution in [3.05, 3.63) is 30.1 Å². The van der Waals surface area contributed by atoms with Crippen LogP contribution in [0.25, 0.3) is 11.0 Å². The largest absolute Gasteiger partial charge is 0.346 e. The minimum Gasteiger partial charge on any atom is -0.346 e. The summed E-state index contributed by atoms with van der Waals surface area (Å²) in [5.74, 6) is 1.03. The summed E-state index contributed by atoms with van der Waals surface area (Å²) in [5, 5.41) is 3.15. The average Bonchev–Trinajstić information content (AvgIpc) is 3.07. The van der Waals surface area contributed by atoms with E-state index < -0.39 is 5.41 Å². The van der Waals surface area contributed by atoms with Gasteiger partial charge in [-0.25, -0.2) is 4.98 Å². The van der Waals surface area contributed by atoms with E-state index in [0.29, 0.717) is 0 Å². The molecule has 4 heteroatoms. The maximum absolute atomic E-state index is 12.5. The van der Waals surface area contributed by atoms with Gasteiger partial charge in [0.1, 0.15) is 5.82 Å². The van der Waals surface area contributed by atoms with Crippen molar-refractivity contribution in [1.29, 1.82) is 0 Å². The molecule has 168 valence electrons. The minimum atomic E-state index is -0.401. The first-order chi connectivity index (χ1) is 14.3. The van der Waals surface area contributed by atoms with Gasteiger partial charge in [-0.2, -0.15) is 0 Å². The fraction of sp³-hybridized carbons (Fsp3) is 0.692. The van der Waals surface area contributed by atoms with E-state index in [1.54, 1.807) is 0 Å². The van der Waals surface area contributed by atoms with Crippen molar-refractivity contribution in [3.63, 3.8) is 0 Å². The molecule has 0 aliphatic carbocycles. The second-order valence-corrected chi connectivity index (χ2v) is 9.74. The Bertz CT molecular complexity index is 772. The smallest absolute Gasteiger partial charge is 0.225 e. The van der Waals surface area contributed by atoms with Gasteiger partial charge in [0.25, 0.3) is 0 Å². The zero-order valence-corrected chi connectivity index (χ0v) is 20.0. The van der Waals surface area contributed by atoms with Crippen molar-refractivity contribution < 1.29 is 4.79 Å². The molecule has 1 aromatic heterocycles. The predicted octanol–water partition coefficient (Wildman–Crippen LogP) is 7.18. The Balaban J connectivity index is 1.89. The molecule has 1 unspecified atom stereocenters. The minimum absolute atomic E-state index is 0.0625. The number of rotatable bonds is 13. The number of hydrogen-bond donors (Lipinski definition) is 1. The summed E-state index contributed by atoms with van der Waals surface area (Å²) < 4.78 is 2.31. The molecule has 1 N–H and O–H groups in total. The molecule has 0 saturated heterocycles. The lowest BCUT2D eigenvalue weighted by atomic mass is 9.95. The van der Waals surface area contributed by atoms with Crippen LogP contribution in [0.2, 0.25) is 0 Å². The molecule has 0 spiro atoms. The van der Waals surface area contributed by atoms with Gasteiger partial charge >= 0.3 is 0 Å². The van der Waals surface area contributed by atoms with E-state index in [0.717, 1.165) is 24.3 Å². The molecule has 2 rings (SSSR count). The molecule has 0 saturated carbocycles. The second-order valence-electron chi connectivity index (χ2n) is 9.74. The normalized spacial score (nSPS) is 13.0. The monoisotopic (exact) mass is 413 g/mol. The highest BCUT2D eigenvalue weighted by Crippen LogP contribution is 2.23. The summed E-state index contributed by atoms with van der Waals surface area (Å²) >= 11 is 0. The van der Waals surface area contributed by atoms with Crippen molar-refractivity contribution in [2.75, 3.05) is 0 Å². The highest BCUT2D eigenvalue weighted by atomic mass is 16.2. The van der Waals surface area contributed by atoms with Gasteiger partial charge in [0.2, 0.25) is 5.91 Å². The van der Waals surface area contributed by atoms with Crippen molar-refractivity contribution in [3.8, 4) is 0 Å². The van der Waals surface area contributed by atoms with E-state index >= 15 is 0 Å². The molecule has 4 nitrogen and oxygen atoms in total. The van der Waals surface area contributed by atoms with Gasteiger partial charge in [-0.05, 0) is 25.5 Å². The molecule has 0 bridgehead atoms. The predicted molar refractivity (Wildman–Crippen MR) is 128 cm³/mol. The third-order valence-corrected chi connectivity index (χ3v) is 5.84.